The third-order valence-electron chi connectivity index (χ3n) is 2.50. The Morgan fingerprint density at radius 2 is 1.86 bits per heavy atom. The van der Waals surface area contributed by atoms with Gasteiger partial charge in [-0.15, -0.1) is 0 Å². The monoisotopic (exact) mass is 181 g/mol. The van der Waals surface area contributed by atoms with Crippen LogP contribution in [0.4, 0.5) is 0 Å². The summed E-state index contributed by atoms with van der Waals surface area (Å²) >= 11 is 0. The zero-order chi connectivity index (χ0) is 9.54. The Morgan fingerprint density at radius 1 is 1.00 bits per heavy atom. The lowest BCUT2D eigenvalue weighted by molar-refractivity contribution is 0.101. The molecule has 0 N–H and O–H groups in total. The van der Waals surface area contributed by atoms with Gasteiger partial charge >= 0.3 is 0 Å². The second-order valence-electron chi connectivity index (χ2n) is 3.31. The van der Waals surface area contributed by atoms with Gasteiger partial charge in [0.05, 0.1) is 5.56 Å². The molecule has 1 aliphatic heterocycles. The molecule has 66 valence electrons. The van der Waals surface area contributed by atoms with E-state index >= 15 is 0 Å². The van der Waals surface area contributed by atoms with Crippen LogP contribution in [-0.2, 0) is 0 Å². The van der Waals surface area contributed by atoms with Gasteiger partial charge in [-0.1, -0.05) is 36.4 Å². The fourth-order valence-electron chi connectivity index (χ4n) is 1.83. The molecule has 2 heteroatoms. The minimum atomic E-state index is -0.128. The van der Waals surface area contributed by atoms with E-state index in [1.54, 1.807) is 6.21 Å². The smallest absolute Gasteiger partial charge is 0.267 e. The Bertz CT molecular complexity index is 570. The summed E-state index contributed by atoms with van der Waals surface area (Å²) in [5, 5.41) is 2.08. The maximum Gasteiger partial charge on any atom is 0.278 e. The molecule has 3 rings (SSSR count). The van der Waals surface area contributed by atoms with Crippen LogP contribution in [0.3, 0.4) is 0 Å². The molecule has 0 spiro atoms. The van der Waals surface area contributed by atoms with E-state index in [0.29, 0.717) is 0 Å². The van der Waals surface area contributed by atoms with E-state index in [9.17, 15) is 4.79 Å². The topological polar surface area (TPSA) is 29.4 Å². The molecule has 2 aromatic carbocycles. The number of aliphatic imine (C=N–C) groups is 1. The average Bonchev–Trinajstić information content (AvgIpc) is 2.61. The molecule has 0 fully saturated rings. The van der Waals surface area contributed by atoms with E-state index < -0.39 is 0 Å². The molecule has 0 unspecified atom stereocenters. The molecule has 0 radical (unpaired) electrons. The molecule has 2 aromatic rings. The molecular formula is C12H7NO. The molecule has 1 aliphatic rings. The minimum absolute atomic E-state index is 0.128. The second-order valence-corrected chi connectivity index (χ2v) is 3.31. The van der Waals surface area contributed by atoms with Crippen molar-refractivity contribution in [1.29, 1.82) is 0 Å². The Kier molecular flexibility index (Phi) is 1.34. The van der Waals surface area contributed by atoms with Gasteiger partial charge < -0.3 is 0 Å². The highest BCUT2D eigenvalue weighted by Gasteiger charge is 2.17. The van der Waals surface area contributed by atoms with Gasteiger partial charge in [-0.2, -0.15) is 0 Å². The zero-order valence-corrected chi connectivity index (χ0v) is 7.40. The predicted molar refractivity (Wildman–Crippen MR) is 55.9 cm³/mol. The predicted octanol–water partition coefficient (Wildman–Crippen LogP) is 2.41. The number of nitrogens with zero attached hydrogens (tertiary/aromatic N) is 1. The lowest BCUT2D eigenvalue weighted by Crippen LogP contribution is -1.93. The number of benzene rings is 2. The molecule has 0 atom stereocenters. The summed E-state index contributed by atoms with van der Waals surface area (Å²) in [5.74, 6) is -0.128. The van der Waals surface area contributed by atoms with Gasteiger partial charge in [-0.25, -0.2) is 4.99 Å². The van der Waals surface area contributed by atoms with Gasteiger partial charge in [0.1, 0.15) is 0 Å². The highest BCUT2D eigenvalue weighted by molar-refractivity contribution is 6.20. The normalized spacial score (nSPS) is 13.6. The summed E-state index contributed by atoms with van der Waals surface area (Å²) in [6.07, 6.45) is 1.63. The molecule has 0 aromatic heterocycles. The summed E-state index contributed by atoms with van der Waals surface area (Å²) in [6.45, 7) is 0. The van der Waals surface area contributed by atoms with Crippen molar-refractivity contribution in [2.75, 3.05) is 0 Å². The van der Waals surface area contributed by atoms with E-state index in [0.717, 1.165) is 21.9 Å². The van der Waals surface area contributed by atoms with Crippen molar-refractivity contribution in [1.82, 2.24) is 0 Å². The summed E-state index contributed by atoms with van der Waals surface area (Å²) in [5.41, 5.74) is 1.66. The SMILES string of the molecule is O=C1N=Cc2ccc3ccccc3c21. The van der Waals surface area contributed by atoms with Crippen LogP contribution in [0.25, 0.3) is 10.8 Å². The van der Waals surface area contributed by atoms with E-state index in [4.69, 9.17) is 0 Å². The fourth-order valence-corrected chi connectivity index (χ4v) is 1.83. The lowest BCUT2D eigenvalue weighted by atomic mass is 10.0. The zero-order valence-electron chi connectivity index (χ0n) is 7.40. The van der Waals surface area contributed by atoms with Crippen molar-refractivity contribution >= 4 is 22.9 Å². The molecule has 0 saturated carbocycles. The molecule has 0 bridgehead atoms. The highest BCUT2D eigenvalue weighted by atomic mass is 16.1. The van der Waals surface area contributed by atoms with Gasteiger partial charge in [0.15, 0.2) is 0 Å². The number of hydrogen-bond acceptors (Lipinski definition) is 1. The quantitative estimate of drug-likeness (QED) is 0.613. The summed E-state index contributed by atoms with van der Waals surface area (Å²) in [7, 11) is 0. The summed E-state index contributed by atoms with van der Waals surface area (Å²) in [4.78, 5) is 15.3. The summed E-state index contributed by atoms with van der Waals surface area (Å²) < 4.78 is 0. The van der Waals surface area contributed by atoms with Crippen molar-refractivity contribution < 1.29 is 4.79 Å². The van der Waals surface area contributed by atoms with Crippen LogP contribution in [0.2, 0.25) is 0 Å². The lowest BCUT2D eigenvalue weighted by Gasteiger charge is -2.01. The van der Waals surface area contributed by atoms with Crippen molar-refractivity contribution in [2.45, 2.75) is 0 Å². The van der Waals surface area contributed by atoms with Crippen LogP contribution in [0.15, 0.2) is 41.4 Å². The van der Waals surface area contributed by atoms with E-state index in [1.807, 2.05) is 36.4 Å². The fraction of sp³-hybridized carbons (Fsp3) is 0. The van der Waals surface area contributed by atoms with Crippen molar-refractivity contribution in [3.05, 3.63) is 47.5 Å². The Labute approximate surface area is 80.9 Å². The van der Waals surface area contributed by atoms with Crippen molar-refractivity contribution in [2.24, 2.45) is 4.99 Å². The first-order valence-electron chi connectivity index (χ1n) is 4.46. The number of hydrogen-bond donors (Lipinski definition) is 0. The average molecular weight is 181 g/mol. The minimum Gasteiger partial charge on any atom is -0.267 e. The van der Waals surface area contributed by atoms with Crippen LogP contribution in [-0.4, -0.2) is 12.1 Å². The molecule has 0 saturated heterocycles. The van der Waals surface area contributed by atoms with E-state index in [1.165, 1.54) is 0 Å². The third-order valence-corrected chi connectivity index (χ3v) is 2.50. The van der Waals surface area contributed by atoms with E-state index in [2.05, 4.69) is 4.99 Å². The number of amides is 1. The first-order chi connectivity index (χ1) is 6.86. The molecular weight excluding hydrogens is 174 g/mol. The molecule has 1 heterocycles. The number of carbonyl (C=O) groups is 1. The highest BCUT2D eigenvalue weighted by Crippen LogP contribution is 2.25. The first-order valence-corrected chi connectivity index (χ1v) is 4.46. The Morgan fingerprint density at radius 3 is 2.79 bits per heavy atom. The molecule has 1 amide bonds. The van der Waals surface area contributed by atoms with Crippen molar-refractivity contribution in [3.63, 3.8) is 0 Å². The summed E-state index contributed by atoms with van der Waals surface area (Å²) in [6, 6.07) is 11.8. The van der Waals surface area contributed by atoms with Gasteiger partial charge in [-0.3, -0.25) is 4.79 Å². The van der Waals surface area contributed by atoms with Crippen LogP contribution < -0.4 is 0 Å². The Balaban J connectivity index is 2.50. The van der Waals surface area contributed by atoms with Gasteiger partial charge in [0.2, 0.25) is 0 Å². The van der Waals surface area contributed by atoms with Crippen LogP contribution in [0.1, 0.15) is 15.9 Å². The maximum absolute atomic E-state index is 11.5. The van der Waals surface area contributed by atoms with Gasteiger partial charge in [-0.05, 0) is 10.8 Å². The Hall–Kier alpha value is -1.96. The van der Waals surface area contributed by atoms with Crippen LogP contribution in [0.5, 0.6) is 0 Å². The van der Waals surface area contributed by atoms with Crippen LogP contribution in [0, 0.1) is 0 Å². The second kappa shape index (κ2) is 2.51. The maximum atomic E-state index is 11.5. The molecule has 0 aliphatic carbocycles. The van der Waals surface area contributed by atoms with Gasteiger partial charge in [0.25, 0.3) is 5.91 Å². The number of carbonyl (C=O) groups excluding carboxylic acids is 1. The molecule has 2 nitrogen and oxygen atoms in total. The largest absolute Gasteiger partial charge is 0.278 e. The van der Waals surface area contributed by atoms with Crippen molar-refractivity contribution in [3.8, 4) is 0 Å². The molecule has 14 heavy (non-hydrogen) atoms. The third kappa shape index (κ3) is 0.852. The van der Waals surface area contributed by atoms with Gasteiger partial charge in [0, 0.05) is 11.8 Å². The number of fused-ring (bicyclic) bond motifs is 3. The standard InChI is InChI=1S/C12H7NO/c14-12-11-9(7-13-12)6-5-8-3-1-2-4-10(8)11/h1-7H. The first kappa shape index (κ1) is 7.44. The van der Waals surface area contributed by atoms with E-state index in [-0.39, 0.29) is 5.91 Å². The van der Waals surface area contributed by atoms with Crippen LogP contribution >= 0.6 is 0 Å². The number of rotatable bonds is 0.